The van der Waals surface area contributed by atoms with Gasteiger partial charge in [-0.2, -0.15) is 0 Å². The monoisotopic (exact) mass is 796 g/mol. The van der Waals surface area contributed by atoms with Crippen LogP contribution in [0.15, 0.2) is 105 Å². The predicted molar refractivity (Wildman–Crippen MR) is 182 cm³/mol. The van der Waals surface area contributed by atoms with Crippen LogP contribution in [0, 0.1) is 34.1 Å². The van der Waals surface area contributed by atoms with E-state index in [4.69, 9.17) is 0 Å². The van der Waals surface area contributed by atoms with Crippen molar-refractivity contribution in [1.82, 2.24) is 0 Å². The molecule has 0 atom stereocenters. The van der Waals surface area contributed by atoms with Crippen molar-refractivity contribution in [3.63, 3.8) is 0 Å². The van der Waals surface area contributed by atoms with Crippen molar-refractivity contribution in [3.8, 4) is 23.0 Å². The molecule has 0 heterocycles. The summed E-state index contributed by atoms with van der Waals surface area (Å²) in [6, 6.07) is 20.1. The number of aliphatic imine (C=N–C) groups is 4. The standard InChI is InChI=1S/C36H28N6O8.2Zn/c1-21-7-3-9-23(33(21)43)17-37-27-15-28(38-18-24-10-4-8-22(2)34(24)44)30(40-20-26-12-6-14-32(36(26)46)42(49)50)16-29(27)39-19-25-11-5-13-31(35(25)45)41(47)48;;/h3-20,43-46H,1-2H3;;/q;2*+2/p-4. The van der Waals surface area contributed by atoms with Gasteiger partial charge in [0.05, 0.1) is 32.6 Å². The number of nitro benzene ring substituents is 2. The third-order valence-corrected chi connectivity index (χ3v) is 7.37. The molecule has 0 aliphatic heterocycles. The average Bonchev–Trinajstić information content (AvgIpc) is 3.09. The summed E-state index contributed by atoms with van der Waals surface area (Å²) in [4.78, 5) is 38.8. The summed E-state index contributed by atoms with van der Waals surface area (Å²) in [5.74, 6) is -2.27. The van der Waals surface area contributed by atoms with Crippen molar-refractivity contribution in [2.45, 2.75) is 13.8 Å². The minimum absolute atomic E-state index is 0. The summed E-state index contributed by atoms with van der Waals surface area (Å²) in [6.45, 7) is 3.30. The van der Waals surface area contributed by atoms with Crippen LogP contribution in [0.3, 0.4) is 0 Å². The Bertz CT molecular complexity index is 2120. The fourth-order valence-electron chi connectivity index (χ4n) is 4.65. The second-order valence-corrected chi connectivity index (χ2v) is 10.8. The normalized spacial score (nSPS) is 11.3. The molecule has 250 valence electrons. The van der Waals surface area contributed by atoms with Crippen molar-refractivity contribution < 1.29 is 69.2 Å². The predicted octanol–water partition coefficient (Wildman–Crippen LogP) is 5.41. The van der Waals surface area contributed by atoms with E-state index in [1.165, 1.54) is 48.8 Å². The maximum atomic E-state index is 12.7. The molecule has 5 aromatic rings. The van der Waals surface area contributed by atoms with E-state index in [1.54, 1.807) is 50.2 Å². The fourth-order valence-corrected chi connectivity index (χ4v) is 4.65. The maximum Gasteiger partial charge on any atom is 2.00 e. The van der Waals surface area contributed by atoms with Crippen LogP contribution in [0.1, 0.15) is 33.4 Å². The topological polar surface area (TPSA) is 228 Å². The molecule has 0 bridgehead atoms. The molecule has 0 amide bonds. The molecule has 0 aliphatic rings. The number of rotatable bonds is 10. The number of benzene rings is 5. The second kappa shape index (κ2) is 17.8. The molecule has 52 heavy (non-hydrogen) atoms. The average molecular weight is 799 g/mol. The SMILES string of the molecule is Cc1cccc(C=Nc2cc(N=Cc3cccc(C)c3[O-])c(N=Cc3cccc([N+](=O)[O-])c3[O-])cc2N=Cc2cccc([N+](=O)[O-])c2[O-])c1[O-].[Zn+2].[Zn+2]. The van der Waals surface area contributed by atoms with Gasteiger partial charge in [-0.25, -0.2) is 0 Å². The van der Waals surface area contributed by atoms with E-state index in [1.807, 2.05) is 0 Å². The van der Waals surface area contributed by atoms with Crippen LogP contribution in [0.5, 0.6) is 23.0 Å². The van der Waals surface area contributed by atoms with Crippen LogP contribution in [0.4, 0.5) is 34.1 Å². The third-order valence-electron chi connectivity index (χ3n) is 7.37. The molecule has 14 nitrogen and oxygen atoms in total. The molecule has 0 aliphatic carbocycles. The Morgan fingerprint density at radius 2 is 0.731 bits per heavy atom. The summed E-state index contributed by atoms with van der Waals surface area (Å²) in [6.07, 6.45) is 4.85. The number of hydrogen-bond acceptors (Lipinski definition) is 12. The minimum Gasteiger partial charge on any atom is -0.872 e. The Morgan fingerprint density at radius 3 is 1.02 bits per heavy atom. The zero-order valence-corrected chi connectivity index (χ0v) is 33.7. The molecule has 0 N–H and O–H groups in total. The van der Waals surface area contributed by atoms with Gasteiger partial charge in [0.15, 0.2) is 0 Å². The van der Waals surface area contributed by atoms with Gasteiger partial charge in [0.2, 0.25) is 0 Å². The summed E-state index contributed by atoms with van der Waals surface area (Å²) in [5.41, 5.74) is 0.382. The Balaban J connectivity index is 0.00000364. The number of para-hydroxylation sites is 4. The van der Waals surface area contributed by atoms with E-state index in [0.29, 0.717) is 11.1 Å². The van der Waals surface area contributed by atoms with Crippen molar-refractivity contribution in [2.24, 2.45) is 20.0 Å². The molecular formula is C36H24N6O8Zn2. The Labute approximate surface area is 322 Å². The van der Waals surface area contributed by atoms with E-state index in [2.05, 4.69) is 20.0 Å². The number of hydrogen-bond donors (Lipinski definition) is 0. The first-order valence-electron chi connectivity index (χ1n) is 14.7. The summed E-state index contributed by atoms with van der Waals surface area (Å²) >= 11 is 0. The van der Waals surface area contributed by atoms with Crippen LogP contribution in [-0.4, -0.2) is 34.7 Å². The van der Waals surface area contributed by atoms with Crippen LogP contribution >= 0.6 is 0 Å². The molecule has 0 saturated carbocycles. The number of aryl methyl sites for hydroxylation is 2. The van der Waals surface area contributed by atoms with Crippen LogP contribution in [-0.2, 0) is 39.0 Å². The van der Waals surface area contributed by atoms with Gasteiger partial charge in [-0.1, -0.05) is 83.3 Å². The number of nitro groups is 2. The molecule has 5 aromatic carbocycles. The Hall–Kier alpha value is -5.97. The number of nitrogens with zero attached hydrogens (tertiary/aromatic N) is 6. The molecule has 0 radical (unpaired) electrons. The Kier molecular flexibility index (Phi) is 13.8. The first-order valence-corrected chi connectivity index (χ1v) is 14.7. The van der Waals surface area contributed by atoms with Crippen molar-refractivity contribution >= 4 is 59.0 Å². The smallest absolute Gasteiger partial charge is 0.872 e. The minimum atomic E-state index is -0.873. The maximum absolute atomic E-state index is 12.7. The van der Waals surface area contributed by atoms with Gasteiger partial charge in [-0.05, 0) is 59.7 Å². The molecule has 0 fully saturated rings. The molecule has 0 unspecified atom stereocenters. The zero-order chi connectivity index (χ0) is 35.9. The van der Waals surface area contributed by atoms with Gasteiger partial charge in [-0.3, -0.25) is 40.2 Å². The van der Waals surface area contributed by atoms with Gasteiger partial charge in [-0.15, -0.1) is 0 Å². The van der Waals surface area contributed by atoms with E-state index in [9.17, 15) is 40.7 Å². The zero-order valence-electron chi connectivity index (χ0n) is 27.8. The summed E-state index contributed by atoms with van der Waals surface area (Å²) in [5, 5.41) is 73.5. The summed E-state index contributed by atoms with van der Waals surface area (Å²) < 4.78 is 0. The van der Waals surface area contributed by atoms with E-state index in [0.717, 1.165) is 24.6 Å². The molecule has 0 aromatic heterocycles. The van der Waals surface area contributed by atoms with E-state index in [-0.39, 0.29) is 95.5 Å². The third kappa shape index (κ3) is 9.22. The van der Waals surface area contributed by atoms with E-state index < -0.39 is 32.7 Å². The first-order chi connectivity index (χ1) is 23.9. The van der Waals surface area contributed by atoms with Gasteiger partial charge < -0.3 is 20.4 Å². The molecule has 16 heteroatoms. The van der Waals surface area contributed by atoms with Gasteiger partial charge in [0, 0.05) is 37.0 Å². The van der Waals surface area contributed by atoms with Crippen LogP contribution < -0.4 is 20.4 Å². The van der Waals surface area contributed by atoms with E-state index >= 15 is 0 Å². The van der Waals surface area contributed by atoms with Crippen molar-refractivity contribution in [3.05, 3.63) is 139 Å². The van der Waals surface area contributed by atoms with Gasteiger partial charge in [0.1, 0.15) is 0 Å². The van der Waals surface area contributed by atoms with Gasteiger partial charge in [0.25, 0.3) is 11.4 Å². The quantitative estimate of drug-likeness (QED) is 0.0766. The van der Waals surface area contributed by atoms with Crippen molar-refractivity contribution in [1.29, 1.82) is 0 Å². The second-order valence-electron chi connectivity index (χ2n) is 10.8. The van der Waals surface area contributed by atoms with Crippen molar-refractivity contribution in [2.75, 3.05) is 0 Å². The van der Waals surface area contributed by atoms with Crippen LogP contribution in [0.2, 0.25) is 0 Å². The molecule has 0 saturated heterocycles. The fraction of sp³-hybridized carbons (Fsp3) is 0.0556. The molecule has 0 spiro atoms. The van der Waals surface area contributed by atoms with Crippen LogP contribution in [0.25, 0.3) is 0 Å². The largest absolute Gasteiger partial charge is 2.00 e. The first kappa shape index (κ1) is 40.5. The summed E-state index contributed by atoms with van der Waals surface area (Å²) in [7, 11) is 0. The molecule has 5 rings (SSSR count). The van der Waals surface area contributed by atoms with Gasteiger partial charge >= 0.3 is 39.0 Å². The Morgan fingerprint density at radius 1 is 0.462 bits per heavy atom. The molecular weight excluding hydrogens is 775 g/mol.